The molecule has 1 aliphatic heterocycles. The second-order valence-corrected chi connectivity index (χ2v) is 7.09. The topological polar surface area (TPSA) is 36.4 Å². The molecule has 1 atom stereocenters. The van der Waals surface area contributed by atoms with E-state index in [-0.39, 0.29) is 5.91 Å². The number of carbonyl (C=O) groups is 1. The van der Waals surface area contributed by atoms with Gasteiger partial charge in [-0.25, -0.2) is 0 Å². The highest BCUT2D eigenvalue weighted by atomic mass is 16.2. The molecule has 0 aromatic carbocycles. The largest absolute Gasteiger partial charge is 0.337 e. The molecule has 0 bridgehead atoms. The quantitative estimate of drug-likeness (QED) is 0.858. The summed E-state index contributed by atoms with van der Waals surface area (Å²) < 4.78 is 0. The Labute approximate surface area is 133 Å². The van der Waals surface area contributed by atoms with Crippen LogP contribution in [-0.4, -0.2) is 52.9 Å². The van der Waals surface area contributed by atoms with Crippen LogP contribution in [0.1, 0.15) is 60.8 Å². The Morgan fingerprint density at radius 1 is 1.32 bits per heavy atom. The van der Waals surface area contributed by atoms with Gasteiger partial charge in [-0.2, -0.15) is 0 Å². The van der Waals surface area contributed by atoms with Crippen LogP contribution in [-0.2, 0) is 0 Å². The number of hydrogen-bond donors (Lipinski definition) is 0. The van der Waals surface area contributed by atoms with Crippen molar-refractivity contribution in [2.45, 2.75) is 58.0 Å². The van der Waals surface area contributed by atoms with Crippen molar-refractivity contribution in [1.82, 2.24) is 14.8 Å². The van der Waals surface area contributed by atoms with Crippen LogP contribution < -0.4 is 0 Å². The van der Waals surface area contributed by atoms with Gasteiger partial charge in [0.25, 0.3) is 5.91 Å². The fourth-order valence-electron chi connectivity index (χ4n) is 3.32. The van der Waals surface area contributed by atoms with E-state index in [1.165, 1.54) is 12.8 Å². The third kappa shape index (κ3) is 3.02. The zero-order chi connectivity index (χ0) is 15.9. The Hall–Kier alpha value is -1.42. The van der Waals surface area contributed by atoms with E-state index in [2.05, 4.69) is 23.7 Å². The number of likely N-dealkylation sites (N-methyl/N-ethyl adjacent to an activating group) is 1. The minimum Gasteiger partial charge on any atom is -0.337 e. The lowest BCUT2D eigenvalue weighted by atomic mass is 10.1. The Morgan fingerprint density at radius 3 is 2.59 bits per heavy atom. The Bertz CT molecular complexity index is 565. The van der Waals surface area contributed by atoms with E-state index in [0.717, 1.165) is 36.5 Å². The molecule has 1 aromatic rings. The minimum atomic E-state index is 0.114. The van der Waals surface area contributed by atoms with Crippen molar-refractivity contribution < 1.29 is 4.79 Å². The lowest BCUT2D eigenvalue weighted by Gasteiger charge is -2.26. The highest BCUT2D eigenvalue weighted by molar-refractivity contribution is 5.95. The van der Waals surface area contributed by atoms with Crippen LogP contribution in [0.3, 0.4) is 0 Å². The predicted molar refractivity (Wildman–Crippen MR) is 88.2 cm³/mol. The van der Waals surface area contributed by atoms with E-state index in [4.69, 9.17) is 0 Å². The number of pyridine rings is 1. The minimum absolute atomic E-state index is 0.114. The molecule has 22 heavy (non-hydrogen) atoms. The van der Waals surface area contributed by atoms with E-state index in [9.17, 15) is 4.79 Å². The summed E-state index contributed by atoms with van der Waals surface area (Å²) in [6, 6.07) is 4.89. The molecule has 0 N–H and O–H groups in total. The second-order valence-electron chi connectivity index (χ2n) is 7.09. The first-order chi connectivity index (χ1) is 10.5. The van der Waals surface area contributed by atoms with Gasteiger partial charge in [0.05, 0.1) is 11.3 Å². The number of rotatable bonds is 4. The number of carbonyl (C=O) groups excluding carboxylic acids is 1. The van der Waals surface area contributed by atoms with Crippen molar-refractivity contribution >= 4 is 5.91 Å². The van der Waals surface area contributed by atoms with E-state index < -0.39 is 0 Å². The molecule has 120 valence electrons. The van der Waals surface area contributed by atoms with Gasteiger partial charge < -0.3 is 4.90 Å². The maximum Gasteiger partial charge on any atom is 0.255 e. The van der Waals surface area contributed by atoms with Crippen molar-refractivity contribution in [1.29, 1.82) is 0 Å². The molecule has 2 fully saturated rings. The van der Waals surface area contributed by atoms with Gasteiger partial charge in [-0.15, -0.1) is 0 Å². The molecule has 4 nitrogen and oxygen atoms in total. The molecule has 1 aromatic heterocycles. The summed E-state index contributed by atoms with van der Waals surface area (Å²) >= 11 is 0. The van der Waals surface area contributed by atoms with E-state index >= 15 is 0 Å². The third-order valence-electron chi connectivity index (χ3n) is 5.13. The summed E-state index contributed by atoms with van der Waals surface area (Å²) in [5, 5.41) is 0. The molecular weight excluding hydrogens is 274 g/mol. The van der Waals surface area contributed by atoms with E-state index in [0.29, 0.717) is 18.0 Å². The Kier molecular flexibility index (Phi) is 4.22. The van der Waals surface area contributed by atoms with Crippen LogP contribution >= 0.6 is 0 Å². The summed E-state index contributed by atoms with van der Waals surface area (Å²) in [7, 11) is 1.94. The third-order valence-corrected chi connectivity index (χ3v) is 5.13. The number of aryl methyl sites for hydroxylation is 1. The molecule has 1 amide bonds. The van der Waals surface area contributed by atoms with Crippen molar-refractivity contribution in [2.75, 3.05) is 20.1 Å². The van der Waals surface area contributed by atoms with Gasteiger partial charge in [-0.3, -0.25) is 14.7 Å². The van der Waals surface area contributed by atoms with Crippen LogP contribution in [0.4, 0.5) is 0 Å². The van der Waals surface area contributed by atoms with Gasteiger partial charge >= 0.3 is 0 Å². The average molecular weight is 301 g/mol. The van der Waals surface area contributed by atoms with Crippen molar-refractivity contribution in [2.24, 2.45) is 0 Å². The van der Waals surface area contributed by atoms with Crippen molar-refractivity contribution in [3.8, 4) is 0 Å². The van der Waals surface area contributed by atoms with Crippen molar-refractivity contribution in [3.63, 3.8) is 0 Å². The maximum absolute atomic E-state index is 12.8. The van der Waals surface area contributed by atoms with E-state index in [1.54, 1.807) is 0 Å². The average Bonchev–Trinajstić information content (AvgIpc) is 3.22. The summed E-state index contributed by atoms with van der Waals surface area (Å²) in [5.41, 5.74) is 2.79. The molecule has 3 rings (SSSR count). The molecule has 0 spiro atoms. The summed E-state index contributed by atoms with van der Waals surface area (Å²) in [5.74, 6) is 0.748. The molecule has 1 saturated heterocycles. The Morgan fingerprint density at radius 2 is 2.05 bits per heavy atom. The number of amides is 1. The van der Waals surface area contributed by atoms with Gasteiger partial charge in [0.15, 0.2) is 0 Å². The summed E-state index contributed by atoms with van der Waals surface area (Å²) in [6.07, 6.45) is 3.55. The highest BCUT2D eigenvalue weighted by Gasteiger charge is 2.31. The van der Waals surface area contributed by atoms with E-state index in [1.807, 2.05) is 31.0 Å². The molecule has 0 radical (unpaired) electrons. The zero-order valence-corrected chi connectivity index (χ0v) is 14.2. The first kappa shape index (κ1) is 15.5. The van der Waals surface area contributed by atoms with Crippen LogP contribution in [0, 0.1) is 6.92 Å². The fraction of sp³-hybridized carbons (Fsp3) is 0.667. The smallest absolute Gasteiger partial charge is 0.255 e. The summed E-state index contributed by atoms with van der Waals surface area (Å²) in [4.78, 5) is 21.8. The first-order valence-electron chi connectivity index (χ1n) is 8.46. The molecule has 1 aliphatic carbocycles. The van der Waals surface area contributed by atoms with Crippen LogP contribution in [0.5, 0.6) is 0 Å². The van der Waals surface area contributed by atoms with Crippen LogP contribution in [0.2, 0.25) is 0 Å². The lowest BCUT2D eigenvalue weighted by molar-refractivity contribution is 0.0731. The van der Waals surface area contributed by atoms with Gasteiger partial charge in [-0.05, 0) is 52.2 Å². The van der Waals surface area contributed by atoms with Gasteiger partial charge in [0, 0.05) is 43.8 Å². The van der Waals surface area contributed by atoms with Gasteiger partial charge in [-0.1, -0.05) is 0 Å². The molecule has 4 heteroatoms. The highest BCUT2D eigenvalue weighted by Crippen LogP contribution is 2.39. The standard InChI is InChI=1S/C18H27N3O/c1-12(2)21-10-9-15(11-21)20(4)18(22)16-7-8-17(14-5-6-14)19-13(16)3/h7-8,12,14-15H,5-6,9-11H2,1-4H3. The zero-order valence-electron chi connectivity index (χ0n) is 14.2. The maximum atomic E-state index is 12.8. The molecular formula is C18H27N3O. The summed E-state index contributed by atoms with van der Waals surface area (Å²) in [6.45, 7) is 8.45. The normalized spacial score (nSPS) is 22.3. The lowest BCUT2D eigenvalue weighted by Crippen LogP contribution is -2.40. The van der Waals surface area contributed by atoms with Crippen LogP contribution in [0.15, 0.2) is 12.1 Å². The Balaban J connectivity index is 1.70. The number of aromatic nitrogens is 1. The monoisotopic (exact) mass is 301 g/mol. The molecule has 1 saturated carbocycles. The first-order valence-corrected chi connectivity index (χ1v) is 8.46. The molecule has 2 aliphatic rings. The fourth-order valence-corrected chi connectivity index (χ4v) is 3.32. The molecule has 2 heterocycles. The van der Waals surface area contributed by atoms with Gasteiger partial charge in [0.2, 0.25) is 0 Å². The van der Waals surface area contributed by atoms with Crippen molar-refractivity contribution in [3.05, 3.63) is 29.1 Å². The number of likely N-dealkylation sites (tertiary alicyclic amines) is 1. The SMILES string of the molecule is Cc1nc(C2CC2)ccc1C(=O)N(C)C1CCN(C(C)C)C1. The van der Waals surface area contributed by atoms with Gasteiger partial charge in [0.1, 0.15) is 0 Å². The predicted octanol–water partition coefficient (Wildman–Crippen LogP) is 2.82. The van der Waals surface area contributed by atoms with Crippen LogP contribution in [0.25, 0.3) is 0 Å². The molecule has 1 unspecified atom stereocenters. The number of hydrogen-bond acceptors (Lipinski definition) is 3. The second kappa shape index (κ2) is 5.99. The number of nitrogens with zero attached hydrogens (tertiary/aromatic N) is 3.